The lowest BCUT2D eigenvalue weighted by molar-refractivity contribution is -0.128. The normalized spacial score (nSPS) is 20.0. The molecule has 17 heavy (non-hydrogen) atoms. The second kappa shape index (κ2) is 5.59. The molecule has 1 aliphatic rings. The van der Waals surface area contributed by atoms with Gasteiger partial charge in [-0.25, -0.2) is 9.97 Å². The highest BCUT2D eigenvalue weighted by atomic mass is 35.5. The Hall–Kier alpha value is -0.950. The molecule has 1 aromatic rings. The number of nitrogens with zero attached hydrogens (tertiary/aromatic N) is 2. The summed E-state index contributed by atoms with van der Waals surface area (Å²) in [5.74, 6) is -0.323. The number of nitrogens with one attached hydrogen (secondary N) is 2. The van der Waals surface area contributed by atoms with Crippen LogP contribution in [-0.2, 0) is 9.53 Å². The number of hydrogen-bond donors (Lipinski definition) is 2. The highest BCUT2D eigenvalue weighted by Crippen LogP contribution is 2.25. The van der Waals surface area contributed by atoms with E-state index < -0.39 is 6.10 Å². The second-order valence-corrected chi connectivity index (χ2v) is 4.10. The summed E-state index contributed by atoms with van der Waals surface area (Å²) in [6, 6.07) is 0. The Bertz CT molecular complexity index is 403. The molecule has 1 saturated heterocycles. The van der Waals surface area contributed by atoms with Gasteiger partial charge in [0.1, 0.15) is 18.1 Å². The maximum atomic E-state index is 11.8. The zero-order chi connectivity index (χ0) is 12.3. The van der Waals surface area contributed by atoms with E-state index in [0.29, 0.717) is 13.2 Å². The smallest absolute Gasteiger partial charge is 0.254 e. The number of carbonyl (C=O) groups is 1. The van der Waals surface area contributed by atoms with Crippen LogP contribution in [-0.4, -0.2) is 41.7 Å². The van der Waals surface area contributed by atoms with Crippen LogP contribution >= 0.6 is 23.2 Å². The average molecular weight is 277 g/mol. The molecule has 0 bridgehead atoms. The van der Waals surface area contributed by atoms with Gasteiger partial charge in [0.25, 0.3) is 5.91 Å². The van der Waals surface area contributed by atoms with Gasteiger partial charge in [-0.15, -0.1) is 0 Å². The molecule has 1 unspecified atom stereocenters. The topological polar surface area (TPSA) is 76.1 Å². The van der Waals surface area contributed by atoms with Crippen molar-refractivity contribution in [3.63, 3.8) is 0 Å². The van der Waals surface area contributed by atoms with E-state index in [1.807, 2.05) is 0 Å². The Balaban J connectivity index is 2.07. The van der Waals surface area contributed by atoms with E-state index in [1.54, 1.807) is 0 Å². The van der Waals surface area contributed by atoms with Crippen LogP contribution in [0.2, 0.25) is 10.3 Å². The zero-order valence-corrected chi connectivity index (χ0v) is 10.3. The van der Waals surface area contributed by atoms with Crippen molar-refractivity contribution in [3.8, 4) is 0 Å². The highest BCUT2D eigenvalue weighted by molar-refractivity contribution is 6.38. The summed E-state index contributed by atoms with van der Waals surface area (Å²) in [5.41, 5.74) is 0.204. The molecule has 0 aromatic carbocycles. The number of hydrogen-bond acceptors (Lipinski definition) is 5. The van der Waals surface area contributed by atoms with Gasteiger partial charge in [0, 0.05) is 13.1 Å². The van der Waals surface area contributed by atoms with Crippen molar-refractivity contribution in [2.75, 3.05) is 25.0 Å². The summed E-state index contributed by atoms with van der Waals surface area (Å²) in [7, 11) is 0. The summed E-state index contributed by atoms with van der Waals surface area (Å²) in [6.45, 7) is 1.68. The predicted molar refractivity (Wildman–Crippen MR) is 63.3 cm³/mol. The molecule has 1 fully saturated rings. The number of halogens is 2. The number of morpholine rings is 1. The summed E-state index contributed by atoms with van der Waals surface area (Å²) < 4.78 is 5.29. The fourth-order valence-corrected chi connectivity index (χ4v) is 1.79. The van der Waals surface area contributed by atoms with E-state index in [0.717, 1.165) is 6.54 Å². The third kappa shape index (κ3) is 3.04. The molecule has 2 N–H and O–H groups in total. The first-order chi connectivity index (χ1) is 8.18. The molecule has 92 valence electrons. The standard InChI is InChI=1S/C9H10Cl2N4O2/c10-7-6(8(11)14-4-13-7)15-9(16)5-3-12-1-2-17-5/h4-5,12H,1-3H2,(H,15,16). The lowest BCUT2D eigenvalue weighted by atomic mass is 10.3. The van der Waals surface area contributed by atoms with Crippen molar-refractivity contribution in [2.24, 2.45) is 0 Å². The van der Waals surface area contributed by atoms with E-state index in [-0.39, 0.29) is 21.9 Å². The fourth-order valence-electron chi connectivity index (χ4n) is 1.39. The molecule has 1 aliphatic heterocycles. The van der Waals surface area contributed by atoms with Crippen LogP contribution in [0.25, 0.3) is 0 Å². The van der Waals surface area contributed by atoms with Crippen molar-refractivity contribution >= 4 is 34.8 Å². The van der Waals surface area contributed by atoms with Gasteiger partial charge in [-0.2, -0.15) is 0 Å². The molecule has 1 amide bonds. The van der Waals surface area contributed by atoms with Crippen molar-refractivity contribution in [1.29, 1.82) is 0 Å². The molecule has 6 nitrogen and oxygen atoms in total. The number of carbonyl (C=O) groups excluding carboxylic acids is 1. The van der Waals surface area contributed by atoms with Crippen molar-refractivity contribution in [3.05, 3.63) is 16.6 Å². The quantitative estimate of drug-likeness (QED) is 0.779. The largest absolute Gasteiger partial charge is 0.366 e. The molecular formula is C9H10Cl2N4O2. The van der Waals surface area contributed by atoms with Gasteiger partial charge in [-0.3, -0.25) is 4.79 Å². The van der Waals surface area contributed by atoms with Gasteiger partial charge >= 0.3 is 0 Å². The Kier molecular flexibility index (Phi) is 4.11. The summed E-state index contributed by atoms with van der Waals surface area (Å²) in [5, 5.41) is 5.80. The first-order valence-electron chi connectivity index (χ1n) is 4.97. The van der Waals surface area contributed by atoms with E-state index in [4.69, 9.17) is 27.9 Å². The van der Waals surface area contributed by atoms with Gasteiger partial charge < -0.3 is 15.4 Å². The minimum Gasteiger partial charge on any atom is -0.366 e. The monoisotopic (exact) mass is 276 g/mol. The maximum absolute atomic E-state index is 11.8. The molecule has 8 heteroatoms. The molecule has 0 aliphatic carbocycles. The molecule has 2 heterocycles. The first-order valence-corrected chi connectivity index (χ1v) is 5.73. The average Bonchev–Trinajstić information content (AvgIpc) is 2.35. The van der Waals surface area contributed by atoms with E-state index in [1.165, 1.54) is 6.33 Å². The summed E-state index contributed by atoms with van der Waals surface area (Å²) in [6.07, 6.45) is 0.662. The van der Waals surface area contributed by atoms with Crippen molar-refractivity contribution in [1.82, 2.24) is 15.3 Å². The summed E-state index contributed by atoms with van der Waals surface area (Å²) >= 11 is 11.6. The second-order valence-electron chi connectivity index (χ2n) is 3.38. The molecule has 0 radical (unpaired) electrons. The minimum atomic E-state index is -0.559. The molecule has 2 rings (SSSR count). The Morgan fingerprint density at radius 2 is 2.18 bits per heavy atom. The Labute approximate surface area is 108 Å². The van der Waals surface area contributed by atoms with E-state index >= 15 is 0 Å². The SMILES string of the molecule is O=C(Nc1c(Cl)ncnc1Cl)C1CNCCO1. The number of aromatic nitrogens is 2. The van der Waals surface area contributed by atoms with Crippen LogP contribution in [0.3, 0.4) is 0 Å². The van der Waals surface area contributed by atoms with Gasteiger partial charge in [-0.1, -0.05) is 23.2 Å². The van der Waals surface area contributed by atoms with Crippen LogP contribution < -0.4 is 10.6 Å². The molecule has 1 aromatic heterocycles. The number of amides is 1. The van der Waals surface area contributed by atoms with Crippen molar-refractivity contribution in [2.45, 2.75) is 6.10 Å². The molecule has 1 atom stereocenters. The van der Waals surface area contributed by atoms with Gasteiger partial charge in [0.2, 0.25) is 0 Å². The maximum Gasteiger partial charge on any atom is 0.254 e. The van der Waals surface area contributed by atoms with E-state index in [9.17, 15) is 4.79 Å². The summed E-state index contributed by atoms with van der Waals surface area (Å²) in [4.78, 5) is 19.3. The fraction of sp³-hybridized carbons (Fsp3) is 0.444. The van der Waals surface area contributed by atoms with Gasteiger partial charge in [-0.05, 0) is 0 Å². The third-order valence-electron chi connectivity index (χ3n) is 2.22. The van der Waals surface area contributed by atoms with Crippen LogP contribution in [0.15, 0.2) is 6.33 Å². The van der Waals surface area contributed by atoms with Crippen LogP contribution in [0.1, 0.15) is 0 Å². The number of anilines is 1. The van der Waals surface area contributed by atoms with Crippen LogP contribution in [0, 0.1) is 0 Å². The molecular weight excluding hydrogens is 267 g/mol. The highest BCUT2D eigenvalue weighted by Gasteiger charge is 2.23. The molecule has 0 saturated carbocycles. The van der Waals surface area contributed by atoms with Crippen LogP contribution in [0.4, 0.5) is 5.69 Å². The third-order valence-corrected chi connectivity index (χ3v) is 2.80. The lowest BCUT2D eigenvalue weighted by Crippen LogP contribution is -2.45. The van der Waals surface area contributed by atoms with Gasteiger partial charge in [0.15, 0.2) is 10.3 Å². The lowest BCUT2D eigenvalue weighted by Gasteiger charge is -2.22. The zero-order valence-electron chi connectivity index (χ0n) is 8.74. The number of rotatable bonds is 2. The van der Waals surface area contributed by atoms with Crippen LogP contribution in [0.5, 0.6) is 0 Å². The molecule has 0 spiro atoms. The minimum absolute atomic E-state index is 0.0992. The number of ether oxygens (including phenoxy) is 1. The first kappa shape index (κ1) is 12.5. The predicted octanol–water partition coefficient (Wildman–Crippen LogP) is 0.710. The van der Waals surface area contributed by atoms with Gasteiger partial charge in [0.05, 0.1) is 6.61 Å². The van der Waals surface area contributed by atoms with Crippen molar-refractivity contribution < 1.29 is 9.53 Å². The Morgan fingerprint density at radius 1 is 1.47 bits per heavy atom. The van der Waals surface area contributed by atoms with E-state index in [2.05, 4.69) is 20.6 Å². The Morgan fingerprint density at radius 3 is 2.76 bits per heavy atom.